The van der Waals surface area contributed by atoms with Crippen molar-refractivity contribution in [3.05, 3.63) is 35.7 Å². The standard InChI is InChI=1S/C14H19N5O2/c1-9-3-5-19(2)11(9)14(20)15-7-10-4-6-21-12(10)13-16-8-17-18-13/h3,5,8,10,12H,4,6-7H2,1-2H3,(H,15,20)(H,16,17,18)/t10-,12-/m0/s1. The Morgan fingerprint density at radius 2 is 2.48 bits per heavy atom. The fourth-order valence-electron chi connectivity index (χ4n) is 2.80. The highest BCUT2D eigenvalue weighted by molar-refractivity contribution is 5.94. The topological polar surface area (TPSA) is 84.8 Å². The predicted molar refractivity (Wildman–Crippen MR) is 75.7 cm³/mol. The van der Waals surface area contributed by atoms with Crippen LogP contribution in [-0.4, -0.2) is 38.8 Å². The van der Waals surface area contributed by atoms with Gasteiger partial charge in [0.05, 0.1) is 0 Å². The predicted octanol–water partition coefficient (Wildman–Crippen LogP) is 0.959. The molecule has 7 nitrogen and oxygen atoms in total. The van der Waals surface area contributed by atoms with Gasteiger partial charge in [0, 0.05) is 32.3 Å². The van der Waals surface area contributed by atoms with Crippen LogP contribution in [0.3, 0.4) is 0 Å². The minimum Gasteiger partial charge on any atom is -0.370 e. The second-order valence-corrected chi connectivity index (χ2v) is 5.38. The molecule has 21 heavy (non-hydrogen) atoms. The van der Waals surface area contributed by atoms with Crippen LogP contribution in [0, 0.1) is 12.8 Å². The zero-order valence-electron chi connectivity index (χ0n) is 12.2. The molecular weight excluding hydrogens is 270 g/mol. The van der Waals surface area contributed by atoms with Crippen LogP contribution < -0.4 is 5.32 Å². The molecule has 1 aliphatic heterocycles. The number of hydrogen-bond acceptors (Lipinski definition) is 4. The molecule has 1 amide bonds. The van der Waals surface area contributed by atoms with Crippen LogP contribution >= 0.6 is 0 Å². The molecule has 3 rings (SSSR count). The Hall–Kier alpha value is -2.15. The Labute approximate surface area is 122 Å². The molecule has 3 heterocycles. The van der Waals surface area contributed by atoms with Crippen LogP contribution in [0.25, 0.3) is 0 Å². The molecule has 1 aliphatic rings. The average Bonchev–Trinajstić information content (AvgIpc) is 3.17. The number of hydrogen-bond donors (Lipinski definition) is 2. The molecule has 7 heteroatoms. The van der Waals surface area contributed by atoms with E-state index in [0.717, 1.165) is 17.8 Å². The maximum absolute atomic E-state index is 12.3. The van der Waals surface area contributed by atoms with Crippen molar-refractivity contribution in [1.82, 2.24) is 25.1 Å². The minimum absolute atomic E-state index is 0.0526. The number of aromatic nitrogens is 4. The van der Waals surface area contributed by atoms with Crippen LogP contribution in [0.4, 0.5) is 0 Å². The molecule has 0 bridgehead atoms. The Kier molecular flexibility index (Phi) is 3.74. The van der Waals surface area contributed by atoms with Gasteiger partial charge in [-0.1, -0.05) is 0 Å². The molecule has 2 aromatic heterocycles. The summed E-state index contributed by atoms with van der Waals surface area (Å²) >= 11 is 0. The molecule has 1 fully saturated rings. The van der Waals surface area contributed by atoms with Crippen molar-refractivity contribution in [3.63, 3.8) is 0 Å². The lowest BCUT2D eigenvalue weighted by Crippen LogP contribution is -2.32. The molecule has 0 radical (unpaired) electrons. The number of ether oxygens (including phenoxy) is 1. The summed E-state index contributed by atoms with van der Waals surface area (Å²) in [6, 6.07) is 1.94. The van der Waals surface area contributed by atoms with Gasteiger partial charge in [0.2, 0.25) is 0 Å². The van der Waals surface area contributed by atoms with Gasteiger partial charge in [0.15, 0.2) is 5.82 Å². The normalized spacial score (nSPS) is 21.6. The summed E-state index contributed by atoms with van der Waals surface area (Å²) in [6.45, 7) is 3.18. The van der Waals surface area contributed by atoms with Crippen molar-refractivity contribution in [2.45, 2.75) is 19.4 Å². The van der Waals surface area contributed by atoms with Crippen molar-refractivity contribution in [1.29, 1.82) is 0 Å². The van der Waals surface area contributed by atoms with Crippen LogP contribution in [0.5, 0.6) is 0 Å². The summed E-state index contributed by atoms with van der Waals surface area (Å²) in [5.41, 5.74) is 1.68. The summed E-state index contributed by atoms with van der Waals surface area (Å²) in [7, 11) is 1.87. The van der Waals surface area contributed by atoms with E-state index in [2.05, 4.69) is 20.5 Å². The van der Waals surface area contributed by atoms with Gasteiger partial charge in [-0.25, -0.2) is 4.98 Å². The zero-order chi connectivity index (χ0) is 14.8. The molecule has 0 aliphatic carbocycles. The first-order chi connectivity index (χ1) is 10.2. The third kappa shape index (κ3) is 2.69. The van der Waals surface area contributed by atoms with E-state index < -0.39 is 0 Å². The van der Waals surface area contributed by atoms with Gasteiger partial charge in [0.1, 0.15) is 18.1 Å². The maximum Gasteiger partial charge on any atom is 0.268 e. The number of carbonyl (C=O) groups excluding carboxylic acids is 1. The highest BCUT2D eigenvalue weighted by atomic mass is 16.5. The number of aryl methyl sites for hydroxylation is 2. The zero-order valence-corrected chi connectivity index (χ0v) is 12.2. The van der Waals surface area contributed by atoms with Crippen molar-refractivity contribution >= 4 is 5.91 Å². The summed E-state index contributed by atoms with van der Waals surface area (Å²) in [4.78, 5) is 16.4. The second-order valence-electron chi connectivity index (χ2n) is 5.38. The molecule has 0 saturated carbocycles. The van der Waals surface area contributed by atoms with E-state index in [1.807, 2.05) is 30.8 Å². The first-order valence-corrected chi connectivity index (χ1v) is 7.04. The summed E-state index contributed by atoms with van der Waals surface area (Å²) in [5.74, 6) is 0.882. The van der Waals surface area contributed by atoms with Crippen LogP contribution in [0.2, 0.25) is 0 Å². The van der Waals surface area contributed by atoms with Crippen LogP contribution in [0.1, 0.15) is 34.4 Å². The smallest absolute Gasteiger partial charge is 0.268 e. The van der Waals surface area contributed by atoms with E-state index in [-0.39, 0.29) is 17.9 Å². The van der Waals surface area contributed by atoms with E-state index in [0.29, 0.717) is 18.8 Å². The number of carbonyl (C=O) groups is 1. The van der Waals surface area contributed by atoms with E-state index in [1.54, 1.807) is 0 Å². The van der Waals surface area contributed by atoms with Crippen molar-refractivity contribution in [2.24, 2.45) is 13.0 Å². The first-order valence-electron chi connectivity index (χ1n) is 7.04. The number of amides is 1. The number of rotatable bonds is 4. The average molecular weight is 289 g/mol. The van der Waals surface area contributed by atoms with E-state index in [1.165, 1.54) is 6.33 Å². The number of nitrogens with one attached hydrogen (secondary N) is 2. The molecule has 2 atom stereocenters. The van der Waals surface area contributed by atoms with E-state index in [4.69, 9.17) is 4.74 Å². The third-order valence-electron chi connectivity index (χ3n) is 3.93. The Morgan fingerprint density at radius 1 is 1.62 bits per heavy atom. The number of aromatic amines is 1. The van der Waals surface area contributed by atoms with E-state index in [9.17, 15) is 4.79 Å². The summed E-state index contributed by atoms with van der Waals surface area (Å²) < 4.78 is 7.53. The van der Waals surface area contributed by atoms with Gasteiger partial charge in [-0.15, -0.1) is 0 Å². The monoisotopic (exact) mass is 289 g/mol. The highest BCUT2D eigenvalue weighted by Crippen LogP contribution is 2.31. The summed E-state index contributed by atoms with van der Waals surface area (Å²) in [5, 5.41) is 9.69. The van der Waals surface area contributed by atoms with E-state index >= 15 is 0 Å². The molecule has 2 N–H and O–H groups in total. The molecule has 2 aromatic rings. The Balaban J connectivity index is 1.63. The van der Waals surface area contributed by atoms with Gasteiger partial charge in [0.25, 0.3) is 5.91 Å². The molecular formula is C14H19N5O2. The molecule has 0 spiro atoms. The Bertz CT molecular complexity index is 600. The minimum atomic E-state index is -0.123. The fourth-order valence-corrected chi connectivity index (χ4v) is 2.80. The van der Waals surface area contributed by atoms with Crippen molar-refractivity contribution < 1.29 is 9.53 Å². The van der Waals surface area contributed by atoms with Crippen molar-refractivity contribution in [2.75, 3.05) is 13.2 Å². The quantitative estimate of drug-likeness (QED) is 0.878. The lowest BCUT2D eigenvalue weighted by Gasteiger charge is -2.17. The largest absolute Gasteiger partial charge is 0.370 e. The lowest BCUT2D eigenvalue weighted by atomic mass is 10.0. The van der Waals surface area contributed by atoms with Gasteiger partial charge >= 0.3 is 0 Å². The maximum atomic E-state index is 12.3. The molecule has 1 saturated heterocycles. The van der Waals surface area contributed by atoms with Gasteiger partial charge < -0.3 is 14.6 Å². The first kappa shape index (κ1) is 13.8. The van der Waals surface area contributed by atoms with Crippen molar-refractivity contribution in [3.8, 4) is 0 Å². The Morgan fingerprint density at radius 3 is 3.14 bits per heavy atom. The lowest BCUT2D eigenvalue weighted by molar-refractivity contribution is 0.0796. The molecule has 0 unspecified atom stereocenters. The van der Waals surface area contributed by atoms with Gasteiger partial charge in [-0.3, -0.25) is 9.89 Å². The SMILES string of the molecule is Cc1ccn(C)c1C(=O)NC[C@@H]1CCO[C@@H]1c1ncn[nH]1. The highest BCUT2D eigenvalue weighted by Gasteiger charge is 2.32. The number of H-pyrrole nitrogens is 1. The third-order valence-corrected chi connectivity index (χ3v) is 3.93. The second kappa shape index (κ2) is 5.69. The summed E-state index contributed by atoms with van der Waals surface area (Å²) in [6.07, 6.45) is 4.14. The van der Waals surface area contributed by atoms with Gasteiger partial charge in [-0.05, 0) is 25.0 Å². The molecule has 0 aromatic carbocycles. The molecule has 112 valence electrons. The number of nitrogens with zero attached hydrogens (tertiary/aromatic N) is 3. The van der Waals surface area contributed by atoms with Gasteiger partial charge in [-0.2, -0.15) is 5.10 Å². The van der Waals surface area contributed by atoms with Crippen LogP contribution in [-0.2, 0) is 11.8 Å². The van der Waals surface area contributed by atoms with Crippen LogP contribution in [0.15, 0.2) is 18.6 Å². The fraction of sp³-hybridized carbons (Fsp3) is 0.500.